The first-order valence-corrected chi connectivity index (χ1v) is 6.93. The smallest absolute Gasteiger partial charge is 0.389 e. The third kappa shape index (κ3) is 6.48. The molecule has 0 saturated carbocycles. The number of halogens is 4. The molecule has 0 aliphatic heterocycles. The molecule has 0 aliphatic rings. The summed E-state index contributed by atoms with van der Waals surface area (Å²) in [5, 5.41) is 0.401. The number of nitrogens with two attached hydrogens (primary N) is 1. The quantitative estimate of drug-likeness (QED) is 0.760. The van der Waals surface area contributed by atoms with Crippen molar-refractivity contribution in [1.82, 2.24) is 0 Å². The molecule has 1 rings (SSSR count). The van der Waals surface area contributed by atoms with Crippen molar-refractivity contribution in [3.05, 3.63) is 28.8 Å². The van der Waals surface area contributed by atoms with Crippen LogP contribution in [0.3, 0.4) is 0 Å². The van der Waals surface area contributed by atoms with E-state index in [1.54, 1.807) is 12.1 Å². The van der Waals surface area contributed by atoms with Gasteiger partial charge in [-0.15, -0.1) is 0 Å². The maximum Gasteiger partial charge on any atom is 0.389 e. The van der Waals surface area contributed by atoms with Gasteiger partial charge in [-0.3, -0.25) is 0 Å². The van der Waals surface area contributed by atoms with E-state index in [0.717, 1.165) is 12.0 Å². The zero-order valence-corrected chi connectivity index (χ0v) is 12.1. The fourth-order valence-corrected chi connectivity index (χ4v) is 1.95. The van der Waals surface area contributed by atoms with Gasteiger partial charge in [0.05, 0.1) is 11.6 Å². The van der Waals surface area contributed by atoms with Gasteiger partial charge in [-0.25, -0.2) is 0 Å². The van der Waals surface area contributed by atoms with Gasteiger partial charge in [-0.05, 0) is 37.0 Å². The maximum absolute atomic E-state index is 12.0. The Kier molecular flexibility index (Phi) is 6.62. The first kappa shape index (κ1) is 17.1. The van der Waals surface area contributed by atoms with Crippen molar-refractivity contribution in [3.8, 4) is 5.75 Å². The van der Waals surface area contributed by atoms with Crippen LogP contribution in [0.15, 0.2) is 18.2 Å². The summed E-state index contributed by atoms with van der Waals surface area (Å²) in [4.78, 5) is 0. The molecule has 0 aromatic heterocycles. The normalized spacial score (nSPS) is 13.3. The summed E-state index contributed by atoms with van der Waals surface area (Å²) in [5.74, 6) is 0.405. The van der Waals surface area contributed by atoms with Gasteiger partial charge in [0.2, 0.25) is 0 Å². The van der Waals surface area contributed by atoms with E-state index in [2.05, 4.69) is 0 Å². The van der Waals surface area contributed by atoms with Crippen LogP contribution in [0.1, 0.15) is 31.7 Å². The molecule has 0 aliphatic carbocycles. The minimum Gasteiger partial charge on any atom is -0.492 e. The molecule has 0 bridgehead atoms. The van der Waals surface area contributed by atoms with Crippen LogP contribution in [0.5, 0.6) is 5.75 Å². The summed E-state index contributed by atoms with van der Waals surface area (Å²) in [7, 11) is 0. The predicted octanol–water partition coefficient (Wildman–Crippen LogP) is 4.34. The highest BCUT2D eigenvalue weighted by Crippen LogP contribution is 2.27. The zero-order valence-electron chi connectivity index (χ0n) is 11.3. The summed E-state index contributed by atoms with van der Waals surface area (Å²) in [6, 6.07) is 5.33. The van der Waals surface area contributed by atoms with Crippen LogP contribution < -0.4 is 10.5 Å². The van der Waals surface area contributed by atoms with Crippen LogP contribution in [0.2, 0.25) is 5.02 Å². The second-order valence-electron chi connectivity index (χ2n) is 4.70. The molecule has 1 aromatic rings. The summed E-state index contributed by atoms with van der Waals surface area (Å²) >= 11 is 6.04. The first-order valence-electron chi connectivity index (χ1n) is 6.55. The van der Waals surface area contributed by atoms with Crippen molar-refractivity contribution in [2.45, 2.75) is 44.8 Å². The van der Waals surface area contributed by atoms with Crippen LogP contribution in [0, 0.1) is 0 Å². The second-order valence-corrected chi connectivity index (χ2v) is 5.11. The minimum atomic E-state index is -4.15. The number of ether oxygens (including phenoxy) is 1. The summed E-state index contributed by atoms with van der Waals surface area (Å²) in [6.45, 7) is 2.00. The van der Waals surface area contributed by atoms with Crippen LogP contribution in [-0.4, -0.2) is 18.8 Å². The van der Waals surface area contributed by atoms with Gasteiger partial charge >= 0.3 is 6.18 Å². The fraction of sp³-hybridized carbons (Fsp3) is 0.571. The first-order chi connectivity index (χ1) is 9.31. The largest absolute Gasteiger partial charge is 0.492 e. The van der Waals surface area contributed by atoms with Crippen molar-refractivity contribution in [2.75, 3.05) is 6.61 Å². The minimum absolute atomic E-state index is 0.00689. The Morgan fingerprint density at radius 1 is 1.35 bits per heavy atom. The molecule has 1 aromatic carbocycles. The third-order valence-electron chi connectivity index (χ3n) is 2.88. The van der Waals surface area contributed by atoms with E-state index in [0.29, 0.717) is 17.2 Å². The Balaban J connectivity index is 2.47. The summed E-state index contributed by atoms with van der Waals surface area (Å²) in [6.07, 6.45) is -3.50. The molecule has 1 unspecified atom stereocenters. The van der Waals surface area contributed by atoms with E-state index < -0.39 is 12.6 Å². The standard InChI is InChI=1S/C14H19ClF3NO/c1-2-11(19)8-10-4-5-13(12(15)9-10)20-7-3-6-14(16,17)18/h4-5,9,11H,2-3,6-8,19H2,1H3. The molecule has 20 heavy (non-hydrogen) atoms. The second kappa shape index (κ2) is 7.74. The van der Waals surface area contributed by atoms with Crippen LogP contribution in [0.25, 0.3) is 0 Å². The van der Waals surface area contributed by atoms with E-state index in [4.69, 9.17) is 22.1 Å². The van der Waals surface area contributed by atoms with Crippen molar-refractivity contribution in [3.63, 3.8) is 0 Å². The van der Waals surface area contributed by atoms with Crippen molar-refractivity contribution in [2.24, 2.45) is 5.73 Å². The Labute approximate surface area is 122 Å². The Hall–Kier alpha value is -0.940. The number of hydrogen-bond donors (Lipinski definition) is 1. The van der Waals surface area contributed by atoms with Gasteiger partial charge in [-0.1, -0.05) is 24.6 Å². The average molecular weight is 310 g/mol. The highest BCUT2D eigenvalue weighted by molar-refractivity contribution is 6.32. The topological polar surface area (TPSA) is 35.2 Å². The molecule has 0 radical (unpaired) electrons. The van der Waals surface area contributed by atoms with Crippen molar-refractivity contribution < 1.29 is 17.9 Å². The van der Waals surface area contributed by atoms with Gasteiger partial charge in [0, 0.05) is 12.5 Å². The molecule has 0 amide bonds. The highest BCUT2D eigenvalue weighted by Gasteiger charge is 2.26. The lowest BCUT2D eigenvalue weighted by atomic mass is 10.0. The van der Waals surface area contributed by atoms with Gasteiger partial charge < -0.3 is 10.5 Å². The van der Waals surface area contributed by atoms with E-state index in [-0.39, 0.29) is 19.1 Å². The zero-order chi connectivity index (χ0) is 15.2. The molecule has 0 heterocycles. The Morgan fingerprint density at radius 3 is 2.60 bits per heavy atom. The van der Waals surface area contributed by atoms with E-state index in [1.807, 2.05) is 13.0 Å². The third-order valence-corrected chi connectivity index (χ3v) is 3.18. The number of benzene rings is 1. The van der Waals surface area contributed by atoms with Crippen molar-refractivity contribution >= 4 is 11.6 Å². The van der Waals surface area contributed by atoms with Crippen LogP contribution in [-0.2, 0) is 6.42 Å². The lowest BCUT2D eigenvalue weighted by Crippen LogP contribution is -2.21. The molecule has 2 N–H and O–H groups in total. The molecular weight excluding hydrogens is 291 g/mol. The average Bonchev–Trinajstić information content (AvgIpc) is 2.35. The molecule has 2 nitrogen and oxygen atoms in total. The molecule has 6 heteroatoms. The molecule has 0 fully saturated rings. The summed E-state index contributed by atoms with van der Waals surface area (Å²) < 4.78 is 41.2. The summed E-state index contributed by atoms with van der Waals surface area (Å²) in [5.41, 5.74) is 6.84. The SMILES string of the molecule is CCC(N)Cc1ccc(OCCCC(F)(F)F)c(Cl)c1. The molecule has 0 saturated heterocycles. The van der Waals surface area contributed by atoms with Crippen molar-refractivity contribution in [1.29, 1.82) is 0 Å². The predicted molar refractivity (Wildman–Crippen MR) is 74.2 cm³/mol. The number of hydrogen-bond acceptors (Lipinski definition) is 2. The van der Waals surface area contributed by atoms with Crippen LogP contribution in [0.4, 0.5) is 13.2 Å². The van der Waals surface area contributed by atoms with Crippen LogP contribution >= 0.6 is 11.6 Å². The van der Waals surface area contributed by atoms with E-state index in [1.165, 1.54) is 0 Å². The molecule has 0 spiro atoms. The van der Waals surface area contributed by atoms with Gasteiger partial charge in [0.15, 0.2) is 0 Å². The monoisotopic (exact) mass is 309 g/mol. The van der Waals surface area contributed by atoms with E-state index >= 15 is 0 Å². The fourth-order valence-electron chi connectivity index (χ4n) is 1.69. The lowest BCUT2D eigenvalue weighted by molar-refractivity contribution is -0.136. The maximum atomic E-state index is 12.0. The lowest BCUT2D eigenvalue weighted by Gasteiger charge is -2.12. The highest BCUT2D eigenvalue weighted by atomic mass is 35.5. The molecular formula is C14H19ClF3NO. The molecule has 114 valence electrons. The van der Waals surface area contributed by atoms with Gasteiger partial charge in [0.1, 0.15) is 5.75 Å². The number of rotatable bonds is 7. The molecule has 1 atom stereocenters. The van der Waals surface area contributed by atoms with Gasteiger partial charge in [0.25, 0.3) is 0 Å². The Morgan fingerprint density at radius 2 is 2.05 bits per heavy atom. The van der Waals surface area contributed by atoms with Gasteiger partial charge in [-0.2, -0.15) is 13.2 Å². The Bertz CT molecular complexity index is 423. The van der Waals surface area contributed by atoms with E-state index in [9.17, 15) is 13.2 Å². The number of alkyl halides is 3.